The Morgan fingerprint density at radius 1 is 0.828 bits per heavy atom. The lowest BCUT2D eigenvalue weighted by Crippen LogP contribution is -2.29. The highest BCUT2D eigenvalue weighted by atomic mass is 19.1. The van der Waals surface area contributed by atoms with Gasteiger partial charge in [-0.05, 0) is 54.7 Å². The minimum atomic E-state index is -0.506. The van der Waals surface area contributed by atoms with E-state index < -0.39 is 11.6 Å². The SMILES string of the molecule is CON(Cc1ccccc1)CC(Cc1c(F)cccc1F)c1c(C)cccc1C. The van der Waals surface area contributed by atoms with Crippen LogP contribution in [-0.2, 0) is 17.8 Å². The van der Waals surface area contributed by atoms with Crippen molar-refractivity contribution in [3.05, 3.63) is 106 Å². The van der Waals surface area contributed by atoms with E-state index in [2.05, 4.69) is 0 Å². The van der Waals surface area contributed by atoms with E-state index in [1.165, 1.54) is 18.2 Å². The maximum atomic E-state index is 14.4. The number of benzene rings is 3. The molecule has 0 aromatic heterocycles. The zero-order valence-electron chi connectivity index (χ0n) is 17.2. The summed E-state index contributed by atoms with van der Waals surface area (Å²) in [6, 6.07) is 20.2. The van der Waals surface area contributed by atoms with Gasteiger partial charge in [0.2, 0.25) is 0 Å². The van der Waals surface area contributed by atoms with Crippen molar-refractivity contribution in [2.45, 2.75) is 32.7 Å². The van der Waals surface area contributed by atoms with Gasteiger partial charge in [0.15, 0.2) is 0 Å². The lowest BCUT2D eigenvalue weighted by Gasteiger charge is -2.28. The molecule has 0 amide bonds. The number of hydroxylamine groups is 2. The van der Waals surface area contributed by atoms with Gasteiger partial charge in [0.25, 0.3) is 0 Å². The van der Waals surface area contributed by atoms with E-state index >= 15 is 0 Å². The molecule has 0 spiro atoms. The minimum Gasteiger partial charge on any atom is -0.302 e. The average Bonchev–Trinajstić information content (AvgIpc) is 2.70. The summed E-state index contributed by atoms with van der Waals surface area (Å²) < 4.78 is 28.8. The van der Waals surface area contributed by atoms with Crippen molar-refractivity contribution in [3.63, 3.8) is 0 Å². The Kier molecular flexibility index (Phi) is 7.13. The topological polar surface area (TPSA) is 12.5 Å². The van der Waals surface area contributed by atoms with Gasteiger partial charge in [-0.1, -0.05) is 54.6 Å². The van der Waals surface area contributed by atoms with E-state index in [1.807, 2.05) is 67.4 Å². The summed E-state index contributed by atoms with van der Waals surface area (Å²) in [7, 11) is 1.63. The normalized spacial score (nSPS) is 12.3. The predicted octanol–water partition coefficient (Wildman–Crippen LogP) is 5.97. The second kappa shape index (κ2) is 9.77. The van der Waals surface area contributed by atoms with E-state index in [9.17, 15) is 8.78 Å². The fraction of sp³-hybridized carbons (Fsp3) is 0.280. The molecule has 0 bridgehead atoms. The molecule has 1 unspecified atom stereocenters. The van der Waals surface area contributed by atoms with E-state index in [0.29, 0.717) is 13.1 Å². The standard InChI is InChI=1S/C25H27F2NO/c1-18-9-7-10-19(2)25(18)21(15-22-23(26)13-8-14-24(22)27)17-28(29-3)16-20-11-5-4-6-12-20/h4-14,21H,15-17H2,1-3H3. The third-order valence-electron chi connectivity index (χ3n) is 5.35. The van der Waals surface area contributed by atoms with Gasteiger partial charge in [-0.3, -0.25) is 0 Å². The first-order valence-corrected chi connectivity index (χ1v) is 9.81. The molecule has 2 nitrogen and oxygen atoms in total. The molecule has 0 saturated carbocycles. The largest absolute Gasteiger partial charge is 0.302 e. The molecule has 3 rings (SSSR count). The fourth-order valence-electron chi connectivity index (χ4n) is 3.94. The van der Waals surface area contributed by atoms with Crippen molar-refractivity contribution in [2.24, 2.45) is 0 Å². The molecule has 0 saturated heterocycles. The van der Waals surface area contributed by atoms with Crippen molar-refractivity contribution in [3.8, 4) is 0 Å². The van der Waals surface area contributed by atoms with Crippen LogP contribution in [0.25, 0.3) is 0 Å². The van der Waals surface area contributed by atoms with E-state index in [1.54, 1.807) is 7.11 Å². The highest BCUT2D eigenvalue weighted by Crippen LogP contribution is 2.30. The molecule has 0 N–H and O–H groups in total. The Bertz CT molecular complexity index is 902. The third kappa shape index (κ3) is 5.28. The Morgan fingerprint density at radius 3 is 2.00 bits per heavy atom. The van der Waals surface area contributed by atoms with Gasteiger partial charge in [0, 0.05) is 24.6 Å². The molecule has 0 aliphatic rings. The van der Waals surface area contributed by atoms with E-state index in [-0.39, 0.29) is 17.9 Å². The molecule has 0 aliphatic carbocycles. The maximum Gasteiger partial charge on any atom is 0.129 e. The van der Waals surface area contributed by atoms with Crippen molar-refractivity contribution in [1.82, 2.24) is 5.06 Å². The number of rotatable bonds is 8. The molecule has 1 atom stereocenters. The Balaban J connectivity index is 1.94. The summed E-state index contributed by atoms with van der Waals surface area (Å²) in [5.41, 5.74) is 4.58. The highest BCUT2D eigenvalue weighted by Gasteiger charge is 2.23. The van der Waals surface area contributed by atoms with Crippen LogP contribution in [0.2, 0.25) is 0 Å². The van der Waals surface area contributed by atoms with Gasteiger partial charge in [-0.25, -0.2) is 8.78 Å². The first-order valence-electron chi connectivity index (χ1n) is 9.81. The van der Waals surface area contributed by atoms with Gasteiger partial charge >= 0.3 is 0 Å². The molecule has 0 radical (unpaired) electrons. The first-order chi connectivity index (χ1) is 14.0. The molecular formula is C25H27F2NO. The van der Waals surface area contributed by atoms with Crippen LogP contribution < -0.4 is 0 Å². The predicted molar refractivity (Wildman–Crippen MR) is 113 cm³/mol. The average molecular weight is 395 g/mol. The lowest BCUT2D eigenvalue weighted by atomic mass is 9.85. The van der Waals surface area contributed by atoms with Gasteiger partial charge < -0.3 is 4.84 Å². The summed E-state index contributed by atoms with van der Waals surface area (Å²) in [5.74, 6) is -1.13. The van der Waals surface area contributed by atoms with Gasteiger partial charge in [-0.15, -0.1) is 0 Å². The van der Waals surface area contributed by atoms with Crippen molar-refractivity contribution in [1.29, 1.82) is 0 Å². The smallest absolute Gasteiger partial charge is 0.129 e. The highest BCUT2D eigenvalue weighted by molar-refractivity contribution is 5.38. The van der Waals surface area contributed by atoms with E-state index in [4.69, 9.17) is 4.84 Å². The quantitative estimate of drug-likeness (QED) is 0.436. The van der Waals surface area contributed by atoms with Gasteiger partial charge in [0.1, 0.15) is 11.6 Å². The van der Waals surface area contributed by atoms with Gasteiger partial charge in [0.05, 0.1) is 7.11 Å². The second-order valence-corrected chi connectivity index (χ2v) is 7.40. The second-order valence-electron chi connectivity index (χ2n) is 7.40. The Morgan fingerprint density at radius 2 is 1.41 bits per heavy atom. The Hall–Kier alpha value is -2.56. The number of halogens is 2. The summed E-state index contributed by atoms with van der Waals surface area (Å²) >= 11 is 0. The number of nitrogens with zero attached hydrogens (tertiary/aromatic N) is 1. The van der Waals surface area contributed by atoms with E-state index in [0.717, 1.165) is 22.3 Å². The molecule has 3 aromatic rings. The van der Waals surface area contributed by atoms with Crippen LogP contribution >= 0.6 is 0 Å². The Labute approximate surface area is 171 Å². The lowest BCUT2D eigenvalue weighted by molar-refractivity contribution is -0.142. The minimum absolute atomic E-state index is 0.119. The summed E-state index contributed by atoms with van der Waals surface area (Å²) in [6.45, 7) is 5.20. The fourth-order valence-corrected chi connectivity index (χ4v) is 3.94. The van der Waals surface area contributed by atoms with Crippen LogP contribution in [0, 0.1) is 25.5 Å². The van der Waals surface area contributed by atoms with Crippen molar-refractivity contribution < 1.29 is 13.6 Å². The molecule has 0 fully saturated rings. The molecule has 3 aromatic carbocycles. The molecule has 4 heteroatoms. The van der Waals surface area contributed by atoms with Crippen LogP contribution in [-0.4, -0.2) is 18.7 Å². The zero-order valence-corrected chi connectivity index (χ0v) is 17.2. The van der Waals surface area contributed by atoms with Crippen LogP contribution in [0.4, 0.5) is 8.78 Å². The molecule has 0 heterocycles. The van der Waals surface area contributed by atoms with Crippen LogP contribution in [0.3, 0.4) is 0 Å². The summed E-state index contributed by atoms with van der Waals surface area (Å²) in [5, 5.41) is 1.85. The molecule has 152 valence electrons. The summed E-state index contributed by atoms with van der Waals surface area (Å²) in [6.07, 6.45) is 0.263. The molecule has 0 aliphatic heterocycles. The monoisotopic (exact) mass is 395 g/mol. The third-order valence-corrected chi connectivity index (χ3v) is 5.35. The van der Waals surface area contributed by atoms with Crippen molar-refractivity contribution in [2.75, 3.05) is 13.7 Å². The van der Waals surface area contributed by atoms with Crippen LogP contribution in [0.5, 0.6) is 0 Å². The number of aryl methyl sites for hydroxylation is 2. The van der Waals surface area contributed by atoms with Gasteiger partial charge in [-0.2, -0.15) is 5.06 Å². The number of hydrogen-bond donors (Lipinski definition) is 0. The van der Waals surface area contributed by atoms with Crippen LogP contribution in [0.15, 0.2) is 66.7 Å². The molecule has 29 heavy (non-hydrogen) atoms. The first kappa shape index (κ1) is 21.2. The van der Waals surface area contributed by atoms with Crippen molar-refractivity contribution >= 4 is 0 Å². The maximum absolute atomic E-state index is 14.4. The van der Waals surface area contributed by atoms with Crippen LogP contribution in [0.1, 0.15) is 33.7 Å². The number of hydrogen-bond acceptors (Lipinski definition) is 2. The summed E-state index contributed by atoms with van der Waals surface area (Å²) in [4.78, 5) is 5.63. The molecular weight excluding hydrogens is 368 g/mol. The zero-order chi connectivity index (χ0) is 20.8.